The van der Waals surface area contributed by atoms with Gasteiger partial charge in [0.25, 0.3) is 0 Å². The van der Waals surface area contributed by atoms with Crippen molar-refractivity contribution in [1.29, 1.82) is 0 Å². The molecule has 0 radical (unpaired) electrons. The number of rotatable bonds is 42. The first-order valence-electron chi connectivity index (χ1n) is 33.3. The topological polar surface area (TPSA) is 351 Å². The Morgan fingerprint density at radius 2 is 1.15 bits per heavy atom. The van der Waals surface area contributed by atoms with E-state index in [4.69, 9.17) is 23.3 Å². The summed E-state index contributed by atoms with van der Waals surface area (Å²) in [7, 11) is 0. The van der Waals surface area contributed by atoms with Gasteiger partial charge in [-0.3, -0.25) is 65.5 Å². The van der Waals surface area contributed by atoms with Gasteiger partial charge in [0.05, 0.1) is 41.3 Å². The van der Waals surface area contributed by atoms with Gasteiger partial charge in [-0.05, 0) is 192 Å². The number of Topliss-reactive ketones (excluding diaryl/α,β-unsaturated/α-hetero) is 8. The van der Waals surface area contributed by atoms with Crippen LogP contribution in [0, 0.1) is 17.8 Å². The zero-order chi connectivity index (χ0) is 71.8. The van der Waals surface area contributed by atoms with Crippen molar-refractivity contribution in [2.75, 3.05) is 0 Å². The molecule has 0 saturated heterocycles. The summed E-state index contributed by atoms with van der Waals surface area (Å²) < 4.78 is 0. The molecule has 0 spiro atoms. The van der Waals surface area contributed by atoms with E-state index in [1.807, 2.05) is 70.3 Å². The summed E-state index contributed by atoms with van der Waals surface area (Å²) in [6.07, 6.45) is 14.4. The summed E-state index contributed by atoms with van der Waals surface area (Å²) in [5.74, 6) is 7.67. The van der Waals surface area contributed by atoms with Crippen LogP contribution in [0.2, 0.25) is 5.02 Å². The van der Waals surface area contributed by atoms with Gasteiger partial charge in [-0.1, -0.05) is 126 Å². The van der Waals surface area contributed by atoms with E-state index < -0.39 is 82.5 Å². The highest BCUT2D eigenvalue weighted by molar-refractivity contribution is 6.42. The number of H-pyrrole nitrogens is 1. The fraction of sp³-hybridized carbons (Fsp3) is 0.562. The number of benzene rings is 3. The van der Waals surface area contributed by atoms with Crippen molar-refractivity contribution >= 4 is 80.6 Å². The second-order valence-corrected chi connectivity index (χ2v) is 26.9. The number of unbranched alkanes of at least 4 members (excludes halogenated alkanes) is 5. The number of hydrazine groups is 2. The molecule has 0 aliphatic carbocycles. The van der Waals surface area contributed by atoms with Gasteiger partial charge in [0.2, 0.25) is 34.9 Å². The van der Waals surface area contributed by atoms with Gasteiger partial charge in [0.15, 0.2) is 5.78 Å². The molecule has 0 aliphatic heterocycles. The highest BCUT2D eigenvalue weighted by atomic mass is 35.5. The van der Waals surface area contributed by atoms with E-state index in [-0.39, 0.29) is 65.9 Å². The summed E-state index contributed by atoms with van der Waals surface area (Å²) in [5.41, 5.74) is 6.23. The Morgan fingerprint density at radius 3 is 1.68 bits per heavy atom. The summed E-state index contributed by atoms with van der Waals surface area (Å²) >= 11 is 6.03. The van der Waals surface area contributed by atoms with E-state index in [0.29, 0.717) is 30.2 Å². The molecule has 3 aromatic carbocycles. The average Bonchev–Trinajstić information content (AvgIpc) is 1.80. The maximum Gasteiger partial charge on any atom is 0.239 e. The molecular weight excluding hydrogens is 1230 g/mol. The minimum Gasteiger partial charge on any atom is -0.508 e. The first-order chi connectivity index (χ1) is 44.6. The van der Waals surface area contributed by atoms with Crippen molar-refractivity contribution in [3.63, 3.8) is 0 Å². The summed E-state index contributed by atoms with van der Waals surface area (Å²) in [4.78, 5) is 130. The molecule has 4 aromatic rings. The molecule has 1 unspecified atom stereocenters. The largest absolute Gasteiger partial charge is 0.508 e. The molecule has 22 heteroatoms. The number of carbonyl (C=O) groups is 10. The van der Waals surface area contributed by atoms with Crippen LogP contribution in [0.15, 0.2) is 91.1 Å². The maximum atomic E-state index is 13.8. The van der Waals surface area contributed by atoms with Crippen LogP contribution in [0.4, 0.5) is 0 Å². The molecule has 21 nitrogen and oxygen atoms in total. The van der Waals surface area contributed by atoms with Crippen molar-refractivity contribution in [2.24, 2.45) is 29.4 Å². The van der Waals surface area contributed by atoms with Crippen LogP contribution in [0.25, 0.3) is 10.9 Å². The number of aliphatic hydroxyl groups is 1. The van der Waals surface area contributed by atoms with E-state index >= 15 is 0 Å². The Kier molecular flexibility index (Phi) is 37.7. The number of phenols is 1. The normalized spacial score (nSPS) is 15.2. The lowest BCUT2D eigenvalue weighted by Gasteiger charge is -2.34. The van der Waals surface area contributed by atoms with Crippen LogP contribution < -0.4 is 43.8 Å². The number of carbonyl (C=O) groups excluding carboxylic acids is 10. The van der Waals surface area contributed by atoms with Crippen molar-refractivity contribution in [2.45, 2.75) is 247 Å². The number of halogens is 1. The Labute approximate surface area is 568 Å². The van der Waals surface area contributed by atoms with E-state index in [2.05, 4.69) is 63.1 Å². The van der Waals surface area contributed by atoms with Gasteiger partial charge in [0, 0.05) is 28.0 Å². The molecule has 95 heavy (non-hydrogen) atoms. The number of hydrogen-bond donors (Lipinski definition) is 11. The first-order valence-corrected chi connectivity index (χ1v) is 33.7. The van der Waals surface area contributed by atoms with Crippen molar-refractivity contribution in [3.8, 4) is 5.75 Å². The van der Waals surface area contributed by atoms with Crippen LogP contribution in [0.1, 0.15) is 191 Å². The number of nitrogens with one attached hydrogen (secondary N) is 7. The minimum atomic E-state index is -1.50. The van der Waals surface area contributed by atoms with Crippen LogP contribution in [0.3, 0.4) is 0 Å². The van der Waals surface area contributed by atoms with Gasteiger partial charge in [-0.25, -0.2) is 10.9 Å². The molecule has 2 amide bonds. The van der Waals surface area contributed by atoms with Gasteiger partial charge < -0.3 is 30.6 Å². The summed E-state index contributed by atoms with van der Waals surface area (Å²) in [6.45, 7) is 24.0. The lowest BCUT2D eigenvalue weighted by molar-refractivity contribution is -0.142. The van der Waals surface area contributed by atoms with Crippen LogP contribution in [0.5, 0.6) is 5.75 Å². The molecule has 0 saturated carbocycles. The van der Waals surface area contributed by atoms with Crippen LogP contribution in [-0.4, -0.2) is 127 Å². The smallest absolute Gasteiger partial charge is 0.239 e. The number of nitrogens with two attached hydrogens (primary N) is 2. The number of allylic oxidation sites excluding steroid dienone is 2. The van der Waals surface area contributed by atoms with E-state index in [0.717, 1.165) is 85.4 Å². The third-order valence-electron chi connectivity index (χ3n) is 16.8. The molecule has 10 atom stereocenters. The quantitative estimate of drug-likeness (QED) is 0.00648. The minimum absolute atomic E-state index is 0.00225. The number of aromatic amines is 1. The Bertz CT molecular complexity index is 3150. The van der Waals surface area contributed by atoms with E-state index in [1.165, 1.54) is 46.8 Å². The predicted octanol–water partition coefficient (Wildman–Crippen LogP) is 8.83. The van der Waals surface area contributed by atoms with Crippen molar-refractivity contribution in [1.82, 2.24) is 37.1 Å². The number of amides is 2. The SMILES string of the molecule is CC(=O)[C@H](Cc1c[nH]c2cc(Cl)ccc12)NC(C)C(=O)C(=O)[C@H](Cc1ccc(O)cc1)NN.CC(C)=O.CC[C@@H](CC(C)C)C(=O)N[C@@](C)(CCC/C=C/CCCCCC[C@@](C)(N[C@@H](CC(C)C)C(=O)C(=O)[C@@H](NC(=O)[C@H](Cc1ccccc1)NN)[C@@H](C)O)C(C)=O)C(C)=O. The molecule has 526 valence electrons. The number of fused-ring (bicyclic) bond motifs is 1. The third-order valence-corrected chi connectivity index (χ3v) is 17.1. The summed E-state index contributed by atoms with van der Waals surface area (Å²) in [5, 5.41) is 33.3. The molecule has 0 aliphatic rings. The number of aromatic hydroxyl groups is 1. The van der Waals surface area contributed by atoms with Crippen molar-refractivity contribution in [3.05, 3.63) is 113 Å². The van der Waals surface area contributed by atoms with Gasteiger partial charge in [0.1, 0.15) is 35.2 Å². The Morgan fingerprint density at radius 1 is 0.611 bits per heavy atom. The Balaban J connectivity index is 0.000000693. The zero-order valence-electron chi connectivity index (χ0n) is 58.5. The van der Waals surface area contributed by atoms with Gasteiger partial charge in [-0.15, -0.1) is 0 Å². The fourth-order valence-electron chi connectivity index (χ4n) is 10.9. The molecule has 1 heterocycles. The molecule has 1 aromatic heterocycles. The predicted molar refractivity (Wildman–Crippen MR) is 375 cm³/mol. The number of aliphatic hydroxyl groups excluding tert-OH is 1. The molecule has 0 bridgehead atoms. The molecule has 4 rings (SSSR count). The second-order valence-electron chi connectivity index (χ2n) is 26.5. The standard InChI is InChI=1S/C46H77N5O7.C24H27ClN4O4.C3H6O/c1-11-37(28-31(2)3)43(57)50-46(10,35(8)54)27-23-18-16-14-12-13-15-17-22-26-45(9,34(7)53)49-38(29-32(4)5)41(55)42(56)40(33(6)52)48-44(58)39(51-47)30-36-24-20-19-21-25-36;1-13(23(32)24(33)22(29-26)9-15-3-6-18(31)7-4-15)28-20(14(2)30)10-16-12-27-21-11-17(25)5-8-19(16)21;1-3(2)4/h14,16,19-21,24-25,31-33,37-40,49,51-52H,11-13,15,17-18,22-23,26-30,47H2,1-10H3,(H,48,58)(H,50,57);3-8,11-13,20,22,27-29,31H,9-10,26H2,1-2H3;1-2H3/b16-14+;;/t33-,37+,38+,39+,40+,45-,46+;13?,20-,22-;/m10./s1. The summed E-state index contributed by atoms with van der Waals surface area (Å²) in [6, 6.07) is 15.0. The van der Waals surface area contributed by atoms with Crippen LogP contribution >= 0.6 is 11.6 Å². The van der Waals surface area contributed by atoms with Gasteiger partial charge in [-0.2, -0.15) is 0 Å². The fourth-order valence-corrected chi connectivity index (χ4v) is 11.0. The third kappa shape index (κ3) is 29.9. The number of aromatic nitrogens is 1. The van der Waals surface area contributed by atoms with E-state index in [1.54, 1.807) is 45.0 Å². The monoisotopic (exact) mass is 1340 g/mol. The van der Waals surface area contributed by atoms with Crippen LogP contribution in [-0.2, 0) is 67.2 Å². The number of ketones is 8. The van der Waals surface area contributed by atoms with Gasteiger partial charge >= 0.3 is 0 Å². The number of phenolic OH excluding ortho intramolecular Hbond substituents is 1. The van der Waals surface area contributed by atoms with Crippen molar-refractivity contribution < 1.29 is 58.2 Å². The molecular formula is C73H110ClN9O12. The zero-order valence-corrected chi connectivity index (χ0v) is 59.3. The molecule has 13 N–H and O–H groups in total. The number of hydrogen-bond acceptors (Lipinski definition) is 18. The second kappa shape index (κ2) is 42.6. The Hall–Kier alpha value is -6.95. The average molecular weight is 1340 g/mol. The lowest BCUT2D eigenvalue weighted by atomic mass is 9.86. The highest BCUT2D eigenvalue weighted by Gasteiger charge is 2.41. The molecule has 0 fully saturated rings. The highest BCUT2D eigenvalue weighted by Crippen LogP contribution is 2.26. The lowest BCUT2D eigenvalue weighted by Crippen LogP contribution is -2.61. The maximum absolute atomic E-state index is 13.8. The van der Waals surface area contributed by atoms with E-state index in [9.17, 15) is 58.2 Å². The first kappa shape index (κ1) is 84.1.